The molecule has 2 N–H and O–H groups in total. The predicted octanol–water partition coefficient (Wildman–Crippen LogP) is 2.32. The number of Topliss-reactive ketones (excluding diaryl/α,β-unsaturated/α-hetero) is 1. The Labute approximate surface area is 96.8 Å². The molecule has 0 amide bonds. The first-order valence-corrected chi connectivity index (χ1v) is 5.96. The van der Waals surface area contributed by atoms with Crippen LogP contribution in [0.4, 0.5) is 0 Å². The van der Waals surface area contributed by atoms with Gasteiger partial charge in [-0.25, -0.2) is 0 Å². The number of hydrogen-bond donors (Lipinski definition) is 1. The number of benzene rings is 1. The lowest BCUT2D eigenvalue weighted by molar-refractivity contribution is -0.127. The first-order chi connectivity index (χ1) is 7.63. The average Bonchev–Trinajstić information content (AvgIpc) is 2.62. The summed E-state index contributed by atoms with van der Waals surface area (Å²) in [7, 11) is 0. The highest BCUT2D eigenvalue weighted by molar-refractivity contribution is 5.87. The highest BCUT2D eigenvalue weighted by Crippen LogP contribution is 2.38. The largest absolute Gasteiger partial charge is 0.327 e. The molecule has 2 unspecified atom stereocenters. The lowest BCUT2D eigenvalue weighted by atomic mass is 9.78. The SMILES string of the molecule is CC1(C(=O)Cc2ccccc2)CCCC1N. The van der Waals surface area contributed by atoms with Crippen LogP contribution in [-0.4, -0.2) is 11.8 Å². The Bertz CT molecular complexity index is 374. The van der Waals surface area contributed by atoms with Gasteiger partial charge in [0.15, 0.2) is 0 Å². The van der Waals surface area contributed by atoms with Gasteiger partial charge < -0.3 is 5.73 Å². The topological polar surface area (TPSA) is 43.1 Å². The fourth-order valence-electron chi connectivity index (χ4n) is 2.52. The first kappa shape index (κ1) is 11.3. The van der Waals surface area contributed by atoms with Crippen LogP contribution in [0.1, 0.15) is 31.7 Å². The molecule has 2 heteroatoms. The Morgan fingerprint density at radius 2 is 2.12 bits per heavy atom. The van der Waals surface area contributed by atoms with E-state index < -0.39 is 0 Å². The summed E-state index contributed by atoms with van der Waals surface area (Å²) in [4.78, 5) is 12.3. The maximum absolute atomic E-state index is 12.3. The van der Waals surface area contributed by atoms with Crippen molar-refractivity contribution in [1.82, 2.24) is 0 Å². The van der Waals surface area contributed by atoms with Crippen LogP contribution < -0.4 is 5.73 Å². The van der Waals surface area contributed by atoms with Crippen LogP contribution in [0.15, 0.2) is 30.3 Å². The van der Waals surface area contributed by atoms with E-state index in [-0.39, 0.29) is 11.5 Å². The smallest absolute Gasteiger partial charge is 0.144 e. The van der Waals surface area contributed by atoms with E-state index in [1.54, 1.807) is 0 Å². The van der Waals surface area contributed by atoms with Gasteiger partial charge in [0.1, 0.15) is 5.78 Å². The summed E-state index contributed by atoms with van der Waals surface area (Å²) in [5.41, 5.74) is 6.84. The fourth-order valence-corrected chi connectivity index (χ4v) is 2.52. The highest BCUT2D eigenvalue weighted by atomic mass is 16.1. The van der Waals surface area contributed by atoms with Crippen LogP contribution in [0.3, 0.4) is 0 Å². The van der Waals surface area contributed by atoms with E-state index in [9.17, 15) is 4.79 Å². The maximum atomic E-state index is 12.3. The van der Waals surface area contributed by atoms with Gasteiger partial charge in [-0.1, -0.05) is 43.7 Å². The van der Waals surface area contributed by atoms with E-state index in [2.05, 4.69) is 0 Å². The summed E-state index contributed by atoms with van der Waals surface area (Å²) >= 11 is 0. The summed E-state index contributed by atoms with van der Waals surface area (Å²) in [6, 6.07) is 9.96. The molecule has 0 aromatic heterocycles. The van der Waals surface area contributed by atoms with Gasteiger partial charge in [0, 0.05) is 17.9 Å². The number of rotatable bonds is 3. The number of carbonyl (C=O) groups excluding carboxylic acids is 1. The van der Waals surface area contributed by atoms with Crippen LogP contribution in [-0.2, 0) is 11.2 Å². The number of hydrogen-bond acceptors (Lipinski definition) is 2. The van der Waals surface area contributed by atoms with Crippen molar-refractivity contribution in [3.8, 4) is 0 Å². The predicted molar refractivity (Wildman–Crippen MR) is 65.1 cm³/mol. The molecule has 0 saturated heterocycles. The molecule has 86 valence electrons. The number of nitrogens with two attached hydrogens (primary N) is 1. The minimum Gasteiger partial charge on any atom is -0.327 e. The molecular weight excluding hydrogens is 198 g/mol. The van der Waals surface area contributed by atoms with Crippen LogP contribution in [0, 0.1) is 5.41 Å². The zero-order valence-electron chi connectivity index (χ0n) is 9.78. The van der Waals surface area contributed by atoms with Crippen molar-refractivity contribution in [2.45, 2.75) is 38.6 Å². The van der Waals surface area contributed by atoms with Crippen molar-refractivity contribution in [2.24, 2.45) is 11.1 Å². The first-order valence-electron chi connectivity index (χ1n) is 5.96. The number of ketones is 1. The fraction of sp³-hybridized carbons (Fsp3) is 0.500. The average molecular weight is 217 g/mol. The van der Waals surface area contributed by atoms with Crippen LogP contribution >= 0.6 is 0 Å². The quantitative estimate of drug-likeness (QED) is 0.844. The van der Waals surface area contributed by atoms with Crippen molar-refractivity contribution >= 4 is 5.78 Å². The summed E-state index contributed by atoms with van der Waals surface area (Å²) in [6.07, 6.45) is 3.53. The Balaban J connectivity index is 2.09. The molecule has 1 aromatic carbocycles. The zero-order valence-corrected chi connectivity index (χ0v) is 9.78. The summed E-state index contributed by atoms with van der Waals surface area (Å²) < 4.78 is 0. The van der Waals surface area contributed by atoms with Gasteiger partial charge >= 0.3 is 0 Å². The third-order valence-corrected chi connectivity index (χ3v) is 3.87. The molecule has 1 aromatic rings. The monoisotopic (exact) mass is 217 g/mol. The summed E-state index contributed by atoms with van der Waals surface area (Å²) in [5.74, 6) is 0.295. The third kappa shape index (κ3) is 2.03. The van der Waals surface area contributed by atoms with Crippen LogP contribution in [0.25, 0.3) is 0 Å². The van der Waals surface area contributed by atoms with Gasteiger partial charge in [-0.15, -0.1) is 0 Å². The second-order valence-electron chi connectivity index (χ2n) is 5.00. The molecule has 0 heterocycles. The molecule has 1 fully saturated rings. The van der Waals surface area contributed by atoms with Gasteiger partial charge in [-0.05, 0) is 18.4 Å². The van der Waals surface area contributed by atoms with Crippen molar-refractivity contribution in [3.05, 3.63) is 35.9 Å². The molecule has 0 radical (unpaired) electrons. The molecule has 1 aliphatic carbocycles. The second-order valence-corrected chi connectivity index (χ2v) is 5.00. The van der Waals surface area contributed by atoms with Crippen molar-refractivity contribution in [2.75, 3.05) is 0 Å². The van der Waals surface area contributed by atoms with Gasteiger partial charge in [0.05, 0.1) is 0 Å². The molecule has 0 spiro atoms. The van der Waals surface area contributed by atoms with E-state index >= 15 is 0 Å². The molecule has 2 rings (SSSR count). The van der Waals surface area contributed by atoms with E-state index in [1.807, 2.05) is 37.3 Å². The van der Waals surface area contributed by atoms with E-state index in [0.717, 1.165) is 24.8 Å². The van der Waals surface area contributed by atoms with Crippen molar-refractivity contribution < 1.29 is 4.79 Å². The minimum atomic E-state index is -0.296. The molecular formula is C14H19NO. The van der Waals surface area contributed by atoms with Crippen molar-refractivity contribution in [1.29, 1.82) is 0 Å². The molecule has 0 bridgehead atoms. The molecule has 2 nitrogen and oxygen atoms in total. The van der Waals surface area contributed by atoms with E-state index in [0.29, 0.717) is 12.2 Å². The Morgan fingerprint density at radius 3 is 2.69 bits per heavy atom. The lowest BCUT2D eigenvalue weighted by Crippen LogP contribution is -2.41. The molecule has 16 heavy (non-hydrogen) atoms. The Kier molecular flexibility index (Phi) is 3.10. The Morgan fingerprint density at radius 1 is 1.44 bits per heavy atom. The standard InChI is InChI=1S/C14H19NO/c1-14(9-5-8-12(14)15)13(16)10-11-6-3-2-4-7-11/h2-4,6-7,12H,5,8-10,15H2,1H3. The van der Waals surface area contributed by atoms with Gasteiger partial charge in [0.2, 0.25) is 0 Å². The van der Waals surface area contributed by atoms with Crippen LogP contribution in [0.2, 0.25) is 0 Å². The normalized spacial score (nSPS) is 29.2. The summed E-state index contributed by atoms with van der Waals surface area (Å²) in [6.45, 7) is 2.02. The van der Waals surface area contributed by atoms with Gasteiger partial charge in [0.25, 0.3) is 0 Å². The second kappa shape index (κ2) is 4.38. The van der Waals surface area contributed by atoms with Crippen molar-refractivity contribution in [3.63, 3.8) is 0 Å². The van der Waals surface area contributed by atoms with E-state index in [4.69, 9.17) is 5.73 Å². The minimum absolute atomic E-state index is 0.0451. The van der Waals surface area contributed by atoms with Gasteiger partial charge in [-0.3, -0.25) is 4.79 Å². The van der Waals surface area contributed by atoms with E-state index in [1.165, 1.54) is 0 Å². The highest BCUT2D eigenvalue weighted by Gasteiger charge is 2.42. The zero-order chi connectivity index (χ0) is 11.6. The Hall–Kier alpha value is -1.15. The third-order valence-electron chi connectivity index (χ3n) is 3.87. The lowest BCUT2D eigenvalue weighted by Gasteiger charge is -2.27. The molecule has 2 atom stereocenters. The number of carbonyl (C=O) groups is 1. The molecule has 1 saturated carbocycles. The van der Waals surface area contributed by atoms with Crippen LogP contribution in [0.5, 0.6) is 0 Å². The summed E-state index contributed by atoms with van der Waals surface area (Å²) in [5, 5.41) is 0. The maximum Gasteiger partial charge on any atom is 0.144 e. The van der Waals surface area contributed by atoms with Gasteiger partial charge in [-0.2, -0.15) is 0 Å². The molecule has 1 aliphatic rings. The molecule has 0 aliphatic heterocycles.